The fourth-order valence-corrected chi connectivity index (χ4v) is 1.18. The van der Waals surface area contributed by atoms with Gasteiger partial charge in [0.1, 0.15) is 11.1 Å². The van der Waals surface area contributed by atoms with Crippen molar-refractivity contribution in [2.45, 2.75) is 45.8 Å². The van der Waals surface area contributed by atoms with E-state index < -0.39 is 29.3 Å². The first-order valence-corrected chi connectivity index (χ1v) is 4.85. The SMILES string of the molecule is CC(C)(C)OC(=O)N1C(=O)OC(=O)C1(C)C. The standard InChI is InChI=1S/C10H15NO5/c1-9(2,3)16-8(14)11-7(13)15-6(12)10(11,4)5/h1-5H3. The Morgan fingerprint density at radius 2 is 1.81 bits per heavy atom. The molecule has 0 N–H and O–H groups in total. The summed E-state index contributed by atoms with van der Waals surface area (Å²) in [6.07, 6.45) is -1.88. The summed E-state index contributed by atoms with van der Waals surface area (Å²) in [5.74, 6) is -0.761. The minimum Gasteiger partial charge on any atom is -0.443 e. The van der Waals surface area contributed by atoms with Gasteiger partial charge in [0.15, 0.2) is 0 Å². The zero-order valence-corrected chi connectivity index (χ0v) is 9.99. The number of cyclic esters (lactones) is 2. The second kappa shape index (κ2) is 3.47. The van der Waals surface area contributed by atoms with Crippen molar-refractivity contribution in [1.82, 2.24) is 4.90 Å². The average molecular weight is 229 g/mol. The molecule has 0 aromatic heterocycles. The molecule has 0 atom stereocenters. The highest BCUT2D eigenvalue weighted by Gasteiger charge is 2.53. The second-order valence-electron chi connectivity index (χ2n) is 5.03. The van der Waals surface area contributed by atoms with Gasteiger partial charge in [0.05, 0.1) is 0 Å². The summed E-state index contributed by atoms with van der Waals surface area (Å²) < 4.78 is 9.38. The molecule has 16 heavy (non-hydrogen) atoms. The van der Waals surface area contributed by atoms with Crippen molar-refractivity contribution < 1.29 is 23.9 Å². The van der Waals surface area contributed by atoms with Crippen LogP contribution in [0, 0.1) is 0 Å². The maximum Gasteiger partial charge on any atom is 0.428 e. The van der Waals surface area contributed by atoms with Gasteiger partial charge in [-0.2, -0.15) is 4.90 Å². The van der Waals surface area contributed by atoms with Gasteiger partial charge in [-0.05, 0) is 34.6 Å². The molecule has 90 valence electrons. The predicted octanol–water partition coefficient (Wildman–Crippen LogP) is 1.68. The minimum atomic E-state index is -1.32. The summed E-state index contributed by atoms with van der Waals surface area (Å²) in [6.45, 7) is 7.84. The molecule has 0 aromatic rings. The molecule has 0 radical (unpaired) electrons. The van der Waals surface area contributed by atoms with Crippen LogP contribution in [-0.2, 0) is 14.3 Å². The maximum atomic E-state index is 11.7. The molecular formula is C10H15NO5. The van der Waals surface area contributed by atoms with Gasteiger partial charge in [-0.25, -0.2) is 14.4 Å². The van der Waals surface area contributed by atoms with Gasteiger partial charge >= 0.3 is 18.2 Å². The topological polar surface area (TPSA) is 72.9 Å². The molecule has 1 fully saturated rings. The van der Waals surface area contributed by atoms with Crippen molar-refractivity contribution >= 4 is 18.2 Å². The van der Waals surface area contributed by atoms with Crippen LogP contribution >= 0.6 is 0 Å². The summed E-state index contributed by atoms with van der Waals surface area (Å²) in [5, 5.41) is 0. The average Bonchev–Trinajstić information content (AvgIpc) is 2.17. The first-order chi connectivity index (χ1) is 7.05. The van der Waals surface area contributed by atoms with Crippen LogP contribution in [0.5, 0.6) is 0 Å². The van der Waals surface area contributed by atoms with Gasteiger partial charge in [0.2, 0.25) is 0 Å². The molecule has 0 spiro atoms. The van der Waals surface area contributed by atoms with Crippen molar-refractivity contribution in [2.75, 3.05) is 0 Å². The Labute approximate surface area is 93.5 Å². The Kier molecular flexibility index (Phi) is 2.70. The first kappa shape index (κ1) is 12.5. The number of nitrogens with zero attached hydrogens (tertiary/aromatic N) is 1. The highest BCUT2D eigenvalue weighted by atomic mass is 16.6. The Morgan fingerprint density at radius 3 is 2.12 bits per heavy atom. The molecule has 6 heteroatoms. The number of imide groups is 1. The van der Waals surface area contributed by atoms with E-state index in [0.29, 0.717) is 4.90 Å². The Hall–Kier alpha value is -1.59. The summed E-state index contributed by atoms with van der Waals surface area (Å²) in [5.41, 5.74) is -2.06. The van der Waals surface area contributed by atoms with E-state index in [2.05, 4.69) is 4.74 Å². The molecule has 1 heterocycles. The van der Waals surface area contributed by atoms with Crippen LogP contribution in [0.1, 0.15) is 34.6 Å². The maximum absolute atomic E-state index is 11.7. The number of amides is 2. The quantitative estimate of drug-likeness (QED) is 0.466. The molecule has 1 aliphatic heterocycles. The molecule has 6 nitrogen and oxygen atoms in total. The van der Waals surface area contributed by atoms with Crippen molar-refractivity contribution in [1.29, 1.82) is 0 Å². The van der Waals surface area contributed by atoms with Crippen LogP contribution in [0.3, 0.4) is 0 Å². The lowest BCUT2D eigenvalue weighted by Crippen LogP contribution is -2.49. The van der Waals surface area contributed by atoms with Crippen LogP contribution in [-0.4, -0.2) is 34.2 Å². The molecule has 0 aromatic carbocycles. The number of hydrogen-bond donors (Lipinski definition) is 0. The highest BCUT2D eigenvalue weighted by Crippen LogP contribution is 2.27. The van der Waals surface area contributed by atoms with Gasteiger partial charge in [-0.1, -0.05) is 0 Å². The molecule has 1 rings (SSSR count). The molecular weight excluding hydrogens is 214 g/mol. The van der Waals surface area contributed by atoms with Crippen LogP contribution in [0.15, 0.2) is 0 Å². The number of carbonyl (C=O) groups excluding carboxylic acids is 3. The van der Waals surface area contributed by atoms with E-state index in [1.54, 1.807) is 20.8 Å². The van der Waals surface area contributed by atoms with E-state index in [4.69, 9.17) is 4.74 Å². The van der Waals surface area contributed by atoms with E-state index in [1.165, 1.54) is 13.8 Å². The van der Waals surface area contributed by atoms with Crippen LogP contribution in [0.25, 0.3) is 0 Å². The summed E-state index contributed by atoms with van der Waals surface area (Å²) in [4.78, 5) is 35.0. The molecule has 0 unspecified atom stereocenters. The molecule has 1 aliphatic rings. The first-order valence-electron chi connectivity index (χ1n) is 4.85. The van der Waals surface area contributed by atoms with Crippen molar-refractivity contribution in [3.63, 3.8) is 0 Å². The monoisotopic (exact) mass is 229 g/mol. The molecule has 0 saturated carbocycles. The second-order valence-corrected chi connectivity index (χ2v) is 5.03. The molecule has 0 bridgehead atoms. The summed E-state index contributed by atoms with van der Waals surface area (Å²) in [7, 11) is 0. The minimum absolute atomic E-state index is 0.681. The third kappa shape index (κ3) is 2.15. The zero-order valence-electron chi connectivity index (χ0n) is 9.99. The Morgan fingerprint density at radius 1 is 1.31 bits per heavy atom. The molecule has 2 amide bonds. The lowest BCUT2D eigenvalue weighted by molar-refractivity contribution is -0.139. The van der Waals surface area contributed by atoms with Gasteiger partial charge in [0, 0.05) is 0 Å². The normalized spacial score (nSPS) is 19.7. The van der Waals surface area contributed by atoms with E-state index in [9.17, 15) is 14.4 Å². The van der Waals surface area contributed by atoms with Crippen molar-refractivity contribution in [3.05, 3.63) is 0 Å². The van der Waals surface area contributed by atoms with Gasteiger partial charge in [-0.3, -0.25) is 0 Å². The number of carbonyl (C=O) groups is 3. The largest absolute Gasteiger partial charge is 0.443 e. The van der Waals surface area contributed by atoms with Crippen LogP contribution < -0.4 is 0 Å². The number of esters is 1. The fraction of sp³-hybridized carbons (Fsp3) is 0.700. The third-order valence-electron chi connectivity index (χ3n) is 2.00. The Balaban J connectivity index is 2.92. The number of rotatable bonds is 0. The fourth-order valence-electron chi connectivity index (χ4n) is 1.18. The molecule has 1 saturated heterocycles. The van der Waals surface area contributed by atoms with E-state index in [1.807, 2.05) is 0 Å². The van der Waals surface area contributed by atoms with Crippen LogP contribution in [0.4, 0.5) is 9.59 Å². The Bertz CT molecular complexity index is 353. The van der Waals surface area contributed by atoms with Gasteiger partial charge in [0.25, 0.3) is 0 Å². The summed E-state index contributed by atoms with van der Waals surface area (Å²) >= 11 is 0. The number of ether oxygens (including phenoxy) is 2. The number of hydrogen-bond acceptors (Lipinski definition) is 5. The molecule has 0 aliphatic carbocycles. The lowest BCUT2D eigenvalue weighted by atomic mass is 10.1. The predicted molar refractivity (Wildman–Crippen MR) is 53.6 cm³/mol. The van der Waals surface area contributed by atoms with E-state index in [0.717, 1.165) is 0 Å². The van der Waals surface area contributed by atoms with Crippen molar-refractivity contribution in [3.8, 4) is 0 Å². The zero-order chi connectivity index (χ0) is 12.7. The van der Waals surface area contributed by atoms with Crippen molar-refractivity contribution in [2.24, 2.45) is 0 Å². The smallest absolute Gasteiger partial charge is 0.428 e. The third-order valence-corrected chi connectivity index (χ3v) is 2.00. The lowest BCUT2D eigenvalue weighted by Gasteiger charge is -2.27. The van der Waals surface area contributed by atoms with E-state index >= 15 is 0 Å². The summed E-state index contributed by atoms with van der Waals surface area (Å²) in [6, 6.07) is 0. The van der Waals surface area contributed by atoms with Gasteiger partial charge < -0.3 is 9.47 Å². The van der Waals surface area contributed by atoms with E-state index in [-0.39, 0.29) is 0 Å². The highest BCUT2D eigenvalue weighted by molar-refractivity contribution is 6.06. The van der Waals surface area contributed by atoms with Gasteiger partial charge in [-0.15, -0.1) is 0 Å². The van der Waals surface area contributed by atoms with Crippen LogP contribution in [0.2, 0.25) is 0 Å².